The molecule has 0 aliphatic rings. The summed E-state index contributed by atoms with van der Waals surface area (Å²) in [7, 11) is 1.60. The molecule has 176 valence electrons. The van der Waals surface area contributed by atoms with Gasteiger partial charge in [0.05, 0.1) is 7.11 Å². The minimum atomic E-state index is -1.16. The second-order valence-corrected chi connectivity index (χ2v) is 7.93. The highest BCUT2D eigenvalue weighted by atomic mass is 35.5. The molecule has 2 aromatic heterocycles. The first-order valence-corrected chi connectivity index (χ1v) is 11.0. The Morgan fingerprint density at radius 3 is 2.56 bits per heavy atom. The Balaban J connectivity index is 1.52. The van der Waals surface area contributed by atoms with E-state index in [-0.39, 0.29) is 16.8 Å². The number of imidazole rings is 1. The van der Waals surface area contributed by atoms with Gasteiger partial charge in [-0.05, 0) is 41.5 Å². The Morgan fingerprint density at radius 1 is 1.18 bits per heavy atom. The van der Waals surface area contributed by atoms with E-state index in [2.05, 4.69) is 37.5 Å². The number of ether oxygens (including phenoxy) is 2. The van der Waals surface area contributed by atoms with Crippen LogP contribution in [0.25, 0.3) is 11.4 Å². The van der Waals surface area contributed by atoms with Crippen LogP contribution in [0.15, 0.2) is 42.5 Å². The second kappa shape index (κ2) is 10.3. The van der Waals surface area contributed by atoms with Crippen molar-refractivity contribution < 1.29 is 19.4 Å². The van der Waals surface area contributed by atoms with Gasteiger partial charge in [0.2, 0.25) is 5.82 Å². The number of halogens is 1. The molecule has 0 aliphatic carbocycles. The van der Waals surface area contributed by atoms with Gasteiger partial charge >= 0.3 is 5.97 Å². The Morgan fingerprint density at radius 2 is 1.94 bits per heavy atom. The molecule has 10 nitrogen and oxygen atoms in total. The average molecular weight is 483 g/mol. The molecule has 4 rings (SSSR count). The lowest BCUT2D eigenvalue weighted by Crippen LogP contribution is -2.05. The van der Waals surface area contributed by atoms with Crippen LogP contribution in [-0.4, -0.2) is 48.8 Å². The van der Waals surface area contributed by atoms with Crippen LogP contribution in [0.3, 0.4) is 0 Å². The highest BCUT2D eigenvalue weighted by Crippen LogP contribution is 2.31. The van der Waals surface area contributed by atoms with Crippen molar-refractivity contribution in [3.8, 4) is 22.9 Å². The van der Waals surface area contributed by atoms with Crippen LogP contribution < -0.4 is 9.47 Å². The van der Waals surface area contributed by atoms with Gasteiger partial charge in [-0.25, -0.2) is 9.78 Å². The lowest BCUT2D eigenvalue weighted by Gasteiger charge is -2.15. The van der Waals surface area contributed by atoms with E-state index >= 15 is 0 Å². The molecule has 11 heteroatoms. The molecule has 0 saturated heterocycles. The number of H-pyrrole nitrogens is 2. The highest BCUT2D eigenvalue weighted by Gasteiger charge is 2.22. The first-order chi connectivity index (χ1) is 16.5. The maximum atomic E-state index is 11.3. The van der Waals surface area contributed by atoms with Crippen LogP contribution in [0.2, 0.25) is 5.15 Å². The zero-order valence-electron chi connectivity index (χ0n) is 18.6. The lowest BCUT2D eigenvalue weighted by molar-refractivity contribution is 0.0691. The molecular weight excluding hydrogens is 460 g/mol. The second-order valence-electron chi connectivity index (χ2n) is 7.55. The fraction of sp³-hybridized carbons (Fsp3) is 0.261. The van der Waals surface area contributed by atoms with Crippen molar-refractivity contribution in [2.24, 2.45) is 0 Å². The number of rotatable bonds is 10. The molecule has 0 aliphatic heterocycles. The number of aromatic amines is 2. The predicted octanol–water partition coefficient (Wildman–Crippen LogP) is 4.46. The molecule has 1 atom stereocenters. The number of hydrogen-bond acceptors (Lipinski definition) is 7. The van der Waals surface area contributed by atoms with Gasteiger partial charge in [-0.2, -0.15) is 5.21 Å². The maximum Gasteiger partial charge on any atom is 0.357 e. The molecule has 2 aromatic carbocycles. The first kappa shape index (κ1) is 23.2. The van der Waals surface area contributed by atoms with Crippen LogP contribution in [0.4, 0.5) is 0 Å². The van der Waals surface area contributed by atoms with E-state index < -0.39 is 5.97 Å². The van der Waals surface area contributed by atoms with E-state index in [1.54, 1.807) is 7.11 Å². The fourth-order valence-electron chi connectivity index (χ4n) is 3.68. The molecule has 0 amide bonds. The lowest BCUT2D eigenvalue weighted by atomic mass is 9.94. The zero-order valence-corrected chi connectivity index (χ0v) is 19.3. The molecule has 4 aromatic rings. The molecule has 2 heterocycles. The fourth-order valence-corrected chi connectivity index (χ4v) is 3.90. The van der Waals surface area contributed by atoms with Crippen LogP contribution in [0.5, 0.6) is 11.5 Å². The number of carboxylic acid groups (broad SMARTS) is 1. The van der Waals surface area contributed by atoms with Crippen molar-refractivity contribution in [3.05, 3.63) is 70.3 Å². The molecule has 34 heavy (non-hydrogen) atoms. The summed E-state index contributed by atoms with van der Waals surface area (Å²) in [6.45, 7) is 2.35. The molecule has 0 fully saturated rings. The van der Waals surface area contributed by atoms with Crippen molar-refractivity contribution in [1.82, 2.24) is 30.6 Å². The van der Waals surface area contributed by atoms with Crippen molar-refractivity contribution >= 4 is 17.6 Å². The number of aromatic carboxylic acids is 1. The summed E-state index contributed by atoms with van der Waals surface area (Å²) in [6.07, 6.45) is 1.67. The standard InChI is InChI=1S/C23H23ClN6O4/c1-3-4-17(21-25-19(23(31)32)20(24)26-21)13-5-8-15(9-6-13)34-12-14-7-10-16(33-2)11-18(14)22-27-29-30-28-22/h5-11,17H,3-4,12H2,1-2H3,(H,25,26)(H,31,32)(H,27,28,29,30). The van der Waals surface area contributed by atoms with Gasteiger partial charge in [-0.15, -0.1) is 10.2 Å². The van der Waals surface area contributed by atoms with Crippen LogP contribution >= 0.6 is 11.6 Å². The minimum absolute atomic E-state index is 0.0282. The van der Waals surface area contributed by atoms with Crippen molar-refractivity contribution in [1.29, 1.82) is 0 Å². The molecule has 0 radical (unpaired) electrons. The van der Waals surface area contributed by atoms with Crippen LogP contribution in [-0.2, 0) is 6.61 Å². The number of nitrogens with zero attached hydrogens (tertiary/aromatic N) is 4. The normalized spacial score (nSPS) is 11.9. The Labute approximate surface area is 200 Å². The number of benzene rings is 2. The molecule has 0 spiro atoms. The highest BCUT2D eigenvalue weighted by molar-refractivity contribution is 6.32. The van der Waals surface area contributed by atoms with E-state index in [4.69, 9.17) is 21.1 Å². The largest absolute Gasteiger partial charge is 0.497 e. The van der Waals surface area contributed by atoms with Gasteiger partial charge in [0.1, 0.15) is 29.1 Å². The van der Waals surface area contributed by atoms with Gasteiger partial charge in [0, 0.05) is 17.0 Å². The van der Waals surface area contributed by atoms with Crippen molar-refractivity contribution in [2.75, 3.05) is 7.11 Å². The van der Waals surface area contributed by atoms with E-state index in [0.717, 1.165) is 29.5 Å². The predicted molar refractivity (Wildman–Crippen MR) is 124 cm³/mol. The minimum Gasteiger partial charge on any atom is -0.497 e. The monoisotopic (exact) mass is 482 g/mol. The quantitative estimate of drug-likeness (QED) is 0.301. The van der Waals surface area contributed by atoms with Gasteiger partial charge in [0.15, 0.2) is 5.69 Å². The average Bonchev–Trinajstić information content (AvgIpc) is 3.52. The Bertz CT molecular complexity index is 1260. The number of hydrogen-bond donors (Lipinski definition) is 3. The van der Waals surface area contributed by atoms with Gasteiger partial charge < -0.3 is 19.6 Å². The van der Waals surface area contributed by atoms with Gasteiger partial charge in [-0.3, -0.25) is 0 Å². The summed E-state index contributed by atoms with van der Waals surface area (Å²) in [5, 5.41) is 23.5. The van der Waals surface area contributed by atoms with Crippen molar-refractivity contribution in [3.63, 3.8) is 0 Å². The molecule has 0 saturated carbocycles. The Kier molecular flexibility index (Phi) is 7.07. The SMILES string of the molecule is CCCC(c1ccc(OCc2ccc(OC)cc2-c2nn[nH]n2)cc1)c1nc(C(=O)O)c(Cl)[nH]1. The first-order valence-electron chi connectivity index (χ1n) is 10.6. The van der Waals surface area contributed by atoms with Crippen LogP contribution in [0, 0.1) is 0 Å². The van der Waals surface area contributed by atoms with Crippen molar-refractivity contribution in [2.45, 2.75) is 32.3 Å². The van der Waals surface area contributed by atoms with Gasteiger partial charge in [-0.1, -0.05) is 43.1 Å². The summed E-state index contributed by atoms with van der Waals surface area (Å²) in [6, 6.07) is 13.2. The maximum absolute atomic E-state index is 11.3. The Hall–Kier alpha value is -3.92. The number of methoxy groups -OCH3 is 1. The summed E-state index contributed by atoms with van der Waals surface area (Å²) in [4.78, 5) is 18.4. The third kappa shape index (κ3) is 5.01. The molecule has 3 N–H and O–H groups in total. The van der Waals surface area contributed by atoms with Crippen LogP contribution in [0.1, 0.15) is 53.1 Å². The van der Waals surface area contributed by atoms with E-state index in [9.17, 15) is 9.90 Å². The summed E-state index contributed by atoms with van der Waals surface area (Å²) < 4.78 is 11.3. The van der Waals surface area contributed by atoms with Gasteiger partial charge in [0.25, 0.3) is 0 Å². The topological polar surface area (TPSA) is 139 Å². The number of carbonyl (C=O) groups is 1. The number of carboxylic acids is 1. The third-order valence-electron chi connectivity index (χ3n) is 5.37. The van der Waals surface area contributed by atoms with E-state index in [0.29, 0.717) is 29.8 Å². The summed E-state index contributed by atoms with van der Waals surface area (Å²) >= 11 is 6.02. The smallest absolute Gasteiger partial charge is 0.357 e. The number of nitrogens with one attached hydrogen (secondary N) is 2. The summed E-state index contributed by atoms with van der Waals surface area (Å²) in [5.74, 6) is 1.06. The zero-order chi connectivity index (χ0) is 24.1. The van der Waals surface area contributed by atoms with E-state index in [1.165, 1.54) is 0 Å². The number of aromatic nitrogens is 6. The number of tetrazole rings is 1. The van der Waals surface area contributed by atoms with E-state index in [1.807, 2.05) is 42.5 Å². The molecule has 0 bridgehead atoms. The molecular formula is C23H23ClN6O4. The summed E-state index contributed by atoms with van der Waals surface area (Å²) in [5.41, 5.74) is 2.45. The third-order valence-corrected chi connectivity index (χ3v) is 5.64. The molecule has 1 unspecified atom stereocenters.